The number of aromatic nitrogens is 2. The van der Waals surface area contributed by atoms with Gasteiger partial charge >= 0.3 is 5.69 Å². The van der Waals surface area contributed by atoms with Crippen molar-refractivity contribution in [3.05, 3.63) is 32.6 Å². The van der Waals surface area contributed by atoms with Crippen LogP contribution in [0.3, 0.4) is 0 Å². The highest BCUT2D eigenvalue weighted by Crippen LogP contribution is 2.40. The zero-order valence-electron chi connectivity index (χ0n) is 14.0. The summed E-state index contributed by atoms with van der Waals surface area (Å²) in [6, 6.07) is 0. The van der Waals surface area contributed by atoms with Crippen molar-refractivity contribution in [1.29, 1.82) is 0 Å². The van der Waals surface area contributed by atoms with Crippen LogP contribution in [0.2, 0.25) is 0 Å². The summed E-state index contributed by atoms with van der Waals surface area (Å²) in [6.07, 6.45) is 3.14. The molecule has 0 radical (unpaired) electrons. The van der Waals surface area contributed by atoms with Crippen LogP contribution in [0.25, 0.3) is 0 Å². The molecule has 130 valence electrons. The molecule has 1 aromatic rings. The fourth-order valence-corrected chi connectivity index (χ4v) is 3.71. The number of nitrogens with zero attached hydrogens (tertiary/aromatic N) is 2. The lowest BCUT2D eigenvalue weighted by Gasteiger charge is -2.18. The van der Waals surface area contributed by atoms with Gasteiger partial charge in [-0.15, -0.1) is 13.2 Å². The van der Waals surface area contributed by atoms with E-state index in [0.717, 1.165) is 10.7 Å². The molecule has 8 heteroatoms. The largest absolute Gasteiger partial charge is 0.388 e. The second kappa shape index (κ2) is 6.40. The second-order valence-electron chi connectivity index (χ2n) is 6.87. The van der Waals surface area contributed by atoms with Crippen molar-refractivity contribution in [2.24, 2.45) is 14.1 Å². The third-order valence-corrected chi connectivity index (χ3v) is 5.63. The Morgan fingerprint density at radius 3 is 2.43 bits per heavy atom. The number of ether oxygens (including phenoxy) is 1. The lowest BCUT2D eigenvalue weighted by atomic mass is 10.0. The highest BCUT2D eigenvalue weighted by atomic mass is 31.2. The van der Waals surface area contributed by atoms with Gasteiger partial charge in [0.25, 0.3) is 5.56 Å². The molecule has 1 unspecified atom stereocenters. The lowest BCUT2D eigenvalue weighted by molar-refractivity contribution is 0.00476. The van der Waals surface area contributed by atoms with Gasteiger partial charge in [-0.2, -0.15) is 0 Å². The van der Waals surface area contributed by atoms with Gasteiger partial charge < -0.3 is 19.5 Å². The van der Waals surface area contributed by atoms with Gasteiger partial charge in [0.15, 0.2) is 0 Å². The fraction of sp³-hybridized carbons (Fsp3) is 0.667. The quantitative estimate of drug-likeness (QED) is 0.708. The first-order valence-electron chi connectivity index (χ1n) is 7.48. The number of rotatable bonds is 4. The minimum Gasteiger partial charge on any atom is -0.388 e. The zero-order chi connectivity index (χ0) is 17.5. The van der Waals surface area contributed by atoms with Gasteiger partial charge in [-0.25, -0.2) is 4.79 Å². The number of aliphatic hydroxyl groups is 2. The van der Waals surface area contributed by atoms with Gasteiger partial charge in [-0.1, -0.05) is 0 Å². The maximum Gasteiger partial charge on any atom is 0.330 e. The van der Waals surface area contributed by atoms with Crippen LogP contribution in [0.4, 0.5) is 0 Å². The molecule has 2 heterocycles. The van der Waals surface area contributed by atoms with Gasteiger partial charge in [0.05, 0.1) is 11.7 Å². The molecule has 2 rings (SSSR count). The van der Waals surface area contributed by atoms with E-state index < -0.39 is 42.6 Å². The molecule has 1 aliphatic rings. The van der Waals surface area contributed by atoms with E-state index >= 15 is 0 Å². The third kappa shape index (κ3) is 3.69. The number of aliphatic hydroxyl groups excluding tert-OH is 2. The predicted molar refractivity (Wildman–Crippen MR) is 91.9 cm³/mol. The van der Waals surface area contributed by atoms with E-state index in [1.807, 2.05) is 0 Å². The van der Waals surface area contributed by atoms with Crippen LogP contribution < -0.4 is 11.2 Å². The predicted octanol–water partition coefficient (Wildman–Crippen LogP) is -0.655. The SMILES string of the molecule is C=P(C)(C)CC[C@H]1O[C@@H](c2cn(C)c(=O)n(C)c2=O)C(O)[C@@H]1O. The molecule has 0 spiro atoms. The van der Waals surface area contributed by atoms with Crippen LogP contribution >= 0.6 is 6.89 Å². The van der Waals surface area contributed by atoms with Crippen molar-refractivity contribution in [1.82, 2.24) is 9.13 Å². The van der Waals surface area contributed by atoms with Gasteiger partial charge in [0.2, 0.25) is 0 Å². The third-order valence-electron chi connectivity index (χ3n) is 4.16. The van der Waals surface area contributed by atoms with E-state index in [0.29, 0.717) is 6.42 Å². The van der Waals surface area contributed by atoms with Crippen molar-refractivity contribution in [2.75, 3.05) is 19.5 Å². The minimum absolute atomic E-state index is 0.173. The molecular formula is C15H25N2O5P. The zero-order valence-corrected chi connectivity index (χ0v) is 14.9. The van der Waals surface area contributed by atoms with Gasteiger partial charge in [-0.05, 0) is 25.9 Å². The maximum atomic E-state index is 12.3. The smallest absolute Gasteiger partial charge is 0.330 e. The average molecular weight is 344 g/mol. The summed E-state index contributed by atoms with van der Waals surface area (Å²) >= 11 is 0. The van der Waals surface area contributed by atoms with Gasteiger partial charge in [0, 0.05) is 20.3 Å². The highest BCUT2D eigenvalue weighted by molar-refractivity contribution is 7.72. The van der Waals surface area contributed by atoms with Crippen molar-refractivity contribution in [3.8, 4) is 0 Å². The monoisotopic (exact) mass is 344 g/mol. The maximum absolute atomic E-state index is 12.3. The van der Waals surface area contributed by atoms with E-state index in [4.69, 9.17) is 4.74 Å². The van der Waals surface area contributed by atoms with Crippen LogP contribution in [-0.4, -0.2) is 63.5 Å². The summed E-state index contributed by atoms with van der Waals surface area (Å²) in [5.41, 5.74) is -0.797. The fourth-order valence-electron chi connectivity index (χ4n) is 2.75. The van der Waals surface area contributed by atoms with Crippen LogP contribution in [-0.2, 0) is 18.8 Å². The van der Waals surface area contributed by atoms with E-state index in [2.05, 4.69) is 19.6 Å². The summed E-state index contributed by atoms with van der Waals surface area (Å²) in [5, 5.41) is 20.5. The molecule has 0 bridgehead atoms. The first-order valence-corrected chi connectivity index (χ1v) is 10.5. The summed E-state index contributed by atoms with van der Waals surface area (Å²) < 4.78 is 7.99. The Bertz CT molecular complexity index is 747. The first-order chi connectivity index (χ1) is 10.5. The normalized spacial score (nSPS) is 28.3. The molecule has 1 aromatic heterocycles. The Hall–Kier alpha value is -1.14. The Balaban J connectivity index is 2.30. The molecule has 0 aliphatic carbocycles. The van der Waals surface area contributed by atoms with Crippen molar-refractivity contribution in [3.63, 3.8) is 0 Å². The number of hydrogen-bond donors (Lipinski definition) is 2. The van der Waals surface area contributed by atoms with Crippen molar-refractivity contribution >= 4 is 13.2 Å². The van der Waals surface area contributed by atoms with Crippen LogP contribution in [0.15, 0.2) is 15.8 Å². The Morgan fingerprint density at radius 1 is 1.26 bits per heavy atom. The molecule has 23 heavy (non-hydrogen) atoms. The molecule has 0 aromatic carbocycles. The highest BCUT2D eigenvalue weighted by Gasteiger charge is 2.44. The van der Waals surface area contributed by atoms with Crippen LogP contribution in [0, 0.1) is 0 Å². The molecular weight excluding hydrogens is 319 g/mol. The molecule has 4 atom stereocenters. The van der Waals surface area contributed by atoms with Gasteiger partial charge in [0.1, 0.15) is 18.3 Å². The number of hydrogen-bond acceptors (Lipinski definition) is 5. The Kier molecular flexibility index (Phi) is 5.06. The van der Waals surface area contributed by atoms with Crippen LogP contribution in [0.1, 0.15) is 18.1 Å². The molecule has 1 aliphatic heterocycles. The summed E-state index contributed by atoms with van der Waals surface area (Å²) in [4.78, 5) is 24.0. The lowest BCUT2D eigenvalue weighted by Crippen LogP contribution is -2.40. The Labute approximate surface area is 135 Å². The van der Waals surface area contributed by atoms with Crippen LogP contribution in [0.5, 0.6) is 0 Å². The average Bonchev–Trinajstić information content (AvgIpc) is 2.74. The molecule has 1 saturated heterocycles. The van der Waals surface area contributed by atoms with E-state index in [1.54, 1.807) is 0 Å². The minimum atomic E-state index is -1.27. The van der Waals surface area contributed by atoms with E-state index in [-0.39, 0.29) is 5.56 Å². The standard InChI is InChI=1S/C15H25N2O5P/c1-16-8-9(14(20)17(2)15(16)21)13-12(19)11(18)10(22-13)6-7-23(3,4)5/h8,10-13,18-19H,3,6-7H2,1-2,4-5H3/t10-,11-,12?,13+/m1/s1. The molecule has 2 N–H and O–H groups in total. The van der Waals surface area contributed by atoms with E-state index in [1.165, 1.54) is 24.9 Å². The Morgan fingerprint density at radius 2 is 1.87 bits per heavy atom. The summed E-state index contributed by atoms with van der Waals surface area (Å²) in [6.45, 7) is 2.90. The van der Waals surface area contributed by atoms with Crippen molar-refractivity contribution < 1.29 is 14.9 Å². The number of aryl methyl sites for hydroxylation is 1. The molecule has 1 fully saturated rings. The molecule has 0 amide bonds. The summed E-state index contributed by atoms with van der Waals surface area (Å²) in [7, 11) is 2.90. The molecule has 7 nitrogen and oxygen atoms in total. The topological polar surface area (TPSA) is 93.7 Å². The van der Waals surface area contributed by atoms with Gasteiger partial charge in [-0.3, -0.25) is 9.36 Å². The first kappa shape index (κ1) is 18.2. The second-order valence-corrected chi connectivity index (χ2v) is 11.2. The van der Waals surface area contributed by atoms with Crippen molar-refractivity contribution in [2.45, 2.75) is 30.8 Å². The summed E-state index contributed by atoms with van der Waals surface area (Å²) in [5.74, 6) is 0. The van der Waals surface area contributed by atoms with E-state index in [9.17, 15) is 19.8 Å². The molecule has 0 saturated carbocycles.